The van der Waals surface area contributed by atoms with E-state index in [1.165, 1.54) is 5.56 Å². The lowest BCUT2D eigenvalue weighted by Crippen LogP contribution is -2.38. The molecule has 1 aromatic heterocycles. The molecule has 1 N–H and O–H groups in total. The van der Waals surface area contributed by atoms with Crippen molar-refractivity contribution >= 4 is 37.6 Å². The lowest BCUT2D eigenvalue weighted by molar-refractivity contribution is -0.00701. The molecule has 4 aromatic carbocycles. The highest BCUT2D eigenvalue weighted by Crippen LogP contribution is 2.44. The Kier molecular flexibility index (Phi) is 7.20. The molecule has 0 amide bonds. The number of nitrogens with zero attached hydrogens (tertiary/aromatic N) is 2. The van der Waals surface area contributed by atoms with Crippen molar-refractivity contribution in [2.75, 3.05) is 20.6 Å². The molecule has 182 valence electrons. The van der Waals surface area contributed by atoms with Crippen LogP contribution >= 0.6 is 15.9 Å². The topological polar surface area (TPSA) is 36.4 Å². The Labute approximate surface area is 221 Å². The van der Waals surface area contributed by atoms with E-state index in [0.29, 0.717) is 12.8 Å². The zero-order chi connectivity index (χ0) is 25.1. The number of halogens is 1. The summed E-state index contributed by atoms with van der Waals surface area (Å²) in [6.45, 7) is 0.755. The fourth-order valence-corrected chi connectivity index (χ4v) is 5.55. The molecule has 0 aliphatic carbocycles. The summed E-state index contributed by atoms with van der Waals surface area (Å²) >= 11 is 3.57. The highest BCUT2D eigenvalue weighted by Gasteiger charge is 2.41. The Bertz CT molecular complexity index is 1480. The van der Waals surface area contributed by atoms with Gasteiger partial charge in [-0.3, -0.25) is 4.98 Å². The standard InChI is InChI=1S/C32H31BrN2O/c1-35(2)20-19-32(36,28-14-8-12-24-11-6-7-13-27(24)28)29(21-23-9-4-3-5-10-23)31-17-15-25-22-26(33)16-18-30(25)34-31/h3-18,22,29,36H,19-21H2,1-2H3/t29?,32-/m1/s1. The summed E-state index contributed by atoms with van der Waals surface area (Å²) in [6, 6.07) is 35.4. The van der Waals surface area contributed by atoms with Crippen molar-refractivity contribution in [3.63, 3.8) is 0 Å². The van der Waals surface area contributed by atoms with Crippen LogP contribution in [0.5, 0.6) is 0 Å². The molecule has 0 saturated heterocycles. The van der Waals surface area contributed by atoms with Crippen molar-refractivity contribution in [2.24, 2.45) is 0 Å². The predicted octanol–water partition coefficient (Wildman–Crippen LogP) is 7.32. The average Bonchev–Trinajstić information content (AvgIpc) is 2.90. The van der Waals surface area contributed by atoms with Crippen LogP contribution in [0.15, 0.2) is 108 Å². The molecule has 5 aromatic rings. The lowest BCUT2D eigenvalue weighted by Gasteiger charge is -2.38. The Morgan fingerprint density at radius 3 is 2.39 bits per heavy atom. The van der Waals surface area contributed by atoms with Gasteiger partial charge in [0.2, 0.25) is 0 Å². The summed E-state index contributed by atoms with van der Waals surface area (Å²) in [4.78, 5) is 7.26. The largest absolute Gasteiger partial charge is 0.384 e. The van der Waals surface area contributed by atoms with E-state index in [1.54, 1.807) is 0 Å². The quantitative estimate of drug-likeness (QED) is 0.225. The summed E-state index contributed by atoms with van der Waals surface area (Å²) in [5.41, 5.74) is 2.85. The van der Waals surface area contributed by atoms with E-state index in [9.17, 15) is 5.11 Å². The number of fused-ring (bicyclic) bond motifs is 2. The number of benzene rings is 4. The van der Waals surface area contributed by atoms with Crippen LogP contribution in [0.2, 0.25) is 0 Å². The number of pyridine rings is 1. The minimum atomic E-state index is -1.13. The first-order chi connectivity index (χ1) is 17.4. The van der Waals surface area contributed by atoms with Gasteiger partial charge < -0.3 is 10.0 Å². The van der Waals surface area contributed by atoms with E-state index in [2.05, 4.69) is 120 Å². The molecule has 0 fully saturated rings. The van der Waals surface area contributed by atoms with Crippen LogP contribution in [0.1, 0.15) is 29.2 Å². The van der Waals surface area contributed by atoms with Crippen molar-refractivity contribution in [3.05, 3.63) is 124 Å². The van der Waals surface area contributed by atoms with Crippen LogP contribution in [-0.4, -0.2) is 35.6 Å². The van der Waals surface area contributed by atoms with Gasteiger partial charge in [0.15, 0.2) is 0 Å². The van der Waals surface area contributed by atoms with Gasteiger partial charge in [-0.25, -0.2) is 0 Å². The van der Waals surface area contributed by atoms with Gasteiger partial charge in [-0.2, -0.15) is 0 Å². The molecule has 0 aliphatic rings. The van der Waals surface area contributed by atoms with Gasteiger partial charge in [-0.15, -0.1) is 0 Å². The third-order valence-corrected chi connectivity index (χ3v) is 7.58. The van der Waals surface area contributed by atoms with Gasteiger partial charge in [0.25, 0.3) is 0 Å². The first-order valence-electron chi connectivity index (χ1n) is 12.4. The molecule has 0 saturated carbocycles. The van der Waals surface area contributed by atoms with Crippen LogP contribution in [0.3, 0.4) is 0 Å². The molecular formula is C32H31BrN2O. The molecule has 4 heteroatoms. The fraction of sp³-hybridized carbons (Fsp3) is 0.219. The lowest BCUT2D eigenvalue weighted by atomic mass is 9.72. The number of aliphatic hydroxyl groups is 1. The minimum Gasteiger partial charge on any atom is -0.384 e. The molecule has 36 heavy (non-hydrogen) atoms. The third-order valence-electron chi connectivity index (χ3n) is 7.09. The van der Waals surface area contributed by atoms with Gasteiger partial charge in [0, 0.05) is 28.0 Å². The molecule has 5 rings (SSSR count). The van der Waals surface area contributed by atoms with E-state index < -0.39 is 5.60 Å². The van der Waals surface area contributed by atoms with Gasteiger partial charge in [-0.1, -0.05) is 94.8 Å². The Morgan fingerprint density at radius 1 is 0.833 bits per heavy atom. The molecule has 0 bridgehead atoms. The summed E-state index contributed by atoms with van der Waals surface area (Å²) < 4.78 is 1.03. The van der Waals surface area contributed by atoms with Gasteiger partial charge in [-0.05, 0) is 73.1 Å². The molecule has 3 nitrogen and oxygen atoms in total. The molecular weight excluding hydrogens is 508 g/mol. The maximum atomic E-state index is 12.8. The van der Waals surface area contributed by atoms with Crippen LogP contribution < -0.4 is 0 Å². The summed E-state index contributed by atoms with van der Waals surface area (Å²) in [5, 5.41) is 16.1. The second-order valence-electron chi connectivity index (χ2n) is 9.82. The maximum absolute atomic E-state index is 12.8. The normalized spacial score (nSPS) is 14.2. The highest BCUT2D eigenvalue weighted by atomic mass is 79.9. The number of rotatable bonds is 8. The molecule has 0 aliphatic heterocycles. The Morgan fingerprint density at radius 2 is 1.58 bits per heavy atom. The second kappa shape index (κ2) is 10.5. The Hall–Kier alpha value is -3.05. The van der Waals surface area contributed by atoms with Crippen LogP contribution in [-0.2, 0) is 12.0 Å². The number of aromatic nitrogens is 1. The molecule has 0 spiro atoms. The van der Waals surface area contributed by atoms with E-state index >= 15 is 0 Å². The fourth-order valence-electron chi connectivity index (χ4n) is 5.17. The first kappa shape index (κ1) is 24.6. The number of hydrogen-bond acceptors (Lipinski definition) is 3. The molecule has 2 atom stereocenters. The maximum Gasteiger partial charge on any atom is 0.100 e. The van der Waals surface area contributed by atoms with Crippen molar-refractivity contribution in [1.82, 2.24) is 9.88 Å². The van der Waals surface area contributed by atoms with Crippen LogP contribution in [0, 0.1) is 0 Å². The van der Waals surface area contributed by atoms with Gasteiger partial charge in [0.05, 0.1) is 5.52 Å². The zero-order valence-corrected chi connectivity index (χ0v) is 22.3. The van der Waals surface area contributed by atoms with E-state index in [0.717, 1.165) is 44.0 Å². The monoisotopic (exact) mass is 538 g/mol. The molecule has 1 unspecified atom stereocenters. The predicted molar refractivity (Wildman–Crippen MR) is 153 cm³/mol. The summed E-state index contributed by atoms with van der Waals surface area (Å²) in [5.74, 6) is -0.237. The van der Waals surface area contributed by atoms with Crippen molar-refractivity contribution < 1.29 is 5.11 Å². The first-order valence-corrected chi connectivity index (χ1v) is 13.2. The van der Waals surface area contributed by atoms with Crippen LogP contribution in [0.25, 0.3) is 21.7 Å². The van der Waals surface area contributed by atoms with Crippen molar-refractivity contribution in [3.8, 4) is 0 Å². The Balaban J connectivity index is 1.72. The summed E-state index contributed by atoms with van der Waals surface area (Å²) in [7, 11) is 4.11. The minimum absolute atomic E-state index is 0.237. The highest BCUT2D eigenvalue weighted by molar-refractivity contribution is 9.10. The van der Waals surface area contributed by atoms with Crippen molar-refractivity contribution in [2.45, 2.75) is 24.4 Å². The third kappa shape index (κ3) is 5.08. The average molecular weight is 540 g/mol. The van der Waals surface area contributed by atoms with Gasteiger partial charge >= 0.3 is 0 Å². The zero-order valence-electron chi connectivity index (χ0n) is 20.7. The van der Waals surface area contributed by atoms with Crippen molar-refractivity contribution in [1.29, 1.82) is 0 Å². The number of hydrogen-bond donors (Lipinski definition) is 1. The van der Waals surface area contributed by atoms with E-state index in [-0.39, 0.29) is 5.92 Å². The second-order valence-corrected chi connectivity index (χ2v) is 10.7. The smallest absolute Gasteiger partial charge is 0.100 e. The van der Waals surface area contributed by atoms with E-state index in [1.807, 2.05) is 18.2 Å². The van der Waals surface area contributed by atoms with E-state index in [4.69, 9.17) is 4.98 Å². The van der Waals surface area contributed by atoms with Gasteiger partial charge in [0.1, 0.15) is 5.60 Å². The summed E-state index contributed by atoms with van der Waals surface area (Å²) in [6.07, 6.45) is 1.27. The molecule has 0 radical (unpaired) electrons. The molecule has 1 heterocycles. The SMILES string of the molecule is CN(C)CC[C@@](O)(c1cccc2ccccc12)C(Cc1ccccc1)c1ccc2cc(Br)ccc2n1. The van der Waals surface area contributed by atoms with Crippen LogP contribution in [0.4, 0.5) is 0 Å².